The van der Waals surface area contributed by atoms with Gasteiger partial charge in [0, 0.05) is 6.54 Å². The third kappa shape index (κ3) is 2.89. The van der Waals surface area contributed by atoms with E-state index in [-0.39, 0.29) is 0 Å². The Bertz CT molecular complexity index is 376. The molecule has 0 unspecified atom stereocenters. The molecule has 0 saturated heterocycles. The molecule has 0 aliphatic heterocycles. The van der Waals surface area contributed by atoms with Crippen molar-refractivity contribution in [1.29, 1.82) is 5.26 Å². The molecule has 5 heteroatoms. The smallest absolute Gasteiger partial charge is 0.280 e. The normalized spacial score (nSPS) is 10.9. The number of alkyl halides is 3. The van der Waals surface area contributed by atoms with E-state index in [1.165, 1.54) is 17.0 Å². The van der Waals surface area contributed by atoms with Crippen LogP contribution in [0.4, 0.5) is 18.9 Å². The zero-order chi connectivity index (χ0) is 12.2. The molecule has 1 aromatic carbocycles. The van der Waals surface area contributed by atoms with Crippen molar-refractivity contribution in [3.8, 4) is 6.19 Å². The molecular weight excluding hydrogens is 217 g/mol. The molecule has 0 N–H and O–H groups in total. The number of hydrogen-bond acceptors (Lipinski definition) is 2. The van der Waals surface area contributed by atoms with Gasteiger partial charge >= 0.3 is 6.18 Å². The van der Waals surface area contributed by atoms with E-state index in [2.05, 4.69) is 0 Å². The number of rotatable bonds is 3. The molecule has 0 spiro atoms. The Balaban J connectivity index is 2.90. The van der Waals surface area contributed by atoms with Crippen LogP contribution in [0.15, 0.2) is 24.3 Å². The first-order valence-electron chi connectivity index (χ1n) is 4.83. The minimum absolute atomic E-state index is 0.484. The third-order valence-corrected chi connectivity index (χ3v) is 2.07. The van der Waals surface area contributed by atoms with Gasteiger partial charge in [0.15, 0.2) is 6.19 Å². The van der Waals surface area contributed by atoms with E-state index in [4.69, 9.17) is 5.26 Å². The van der Waals surface area contributed by atoms with Crippen LogP contribution in [0.5, 0.6) is 0 Å². The summed E-state index contributed by atoms with van der Waals surface area (Å²) in [6.45, 7) is 2.40. The molecule has 1 aromatic rings. The summed E-state index contributed by atoms with van der Waals surface area (Å²) in [4.78, 5) is 1.36. The van der Waals surface area contributed by atoms with Gasteiger partial charge in [-0.15, -0.1) is 0 Å². The Morgan fingerprint density at radius 2 is 1.81 bits per heavy atom. The first kappa shape index (κ1) is 12.4. The zero-order valence-electron chi connectivity index (χ0n) is 8.75. The second kappa shape index (κ2) is 4.88. The summed E-state index contributed by atoms with van der Waals surface area (Å²) < 4.78 is 36.8. The lowest BCUT2D eigenvalue weighted by Gasteiger charge is -2.15. The highest BCUT2D eigenvalue weighted by Crippen LogP contribution is 2.30. The molecule has 0 aromatic heterocycles. The zero-order valence-corrected chi connectivity index (χ0v) is 8.75. The van der Waals surface area contributed by atoms with Crippen LogP contribution in [0.2, 0.25) is 0 Å². The van der Waals surface area contributed by atoms with Gasteiger partial charge in [-0.1, -0.05) is 6.92 Å². The van der Waals surface area contributed by atoms with E-state index >= 15 is 0 Å². The molecule has 0 fully saturated rings. The van der Waals surface area contributed by atoms with E-state index in [0.717, 1.165) is 18.6 Å². The van der Waals surface area contributed by atoms with Crippen molar-refractivity contribution in [3.05, 3.63) is 29.8 Å². The van der Waals surface area contributed by atoms with Crippen LogP contribution < -0.4 is 4.90 Å². The van der Waals surface area contributed by atoms with Crippen molar-refractivity contribution in [3.63, 3.8) is 0 Å². The van der Waals surface area contributed by atoms with E-state index < -0.39 is 11.7 Å². The fourth-order valence-electron chi connectivity index (χ4n) is 1.29. The van der Waals surface area contributed by atoms with Gasteiger partial charge < -0.3 is 0 Å². The topological polar surface area (TPSA) is 27.0 Å². The summed E-state index contributed by atoms with van der Waals surface area (Å²) in [6, 6.07) is 4.58. The highest BCUT2D eigenvalue weighted by molar-refractivity contribution is 5.51. The highest BCUT2D eigenvalue weighted by atomic mass is 19.4. The number of anilines is 1. The summed E-state index contributed by atoms with van der Waals surface area (Å²) >= 11 is 0. The summed E-state index contributed by atoms with van der Waals surface area (Å²) in [6.07, 6.45) is -1.64. The van der Waals surface area contributed by atoms with Gasteiger partial charge in [0.05, 0.1) is 11.3 Å². The van der Waals surface area contributed by atoms with Gasteiger partial charge in [-0.05, 0) is 30.7 Å². The van der Waals surface area contributed by atoms with Crippen LogP contribution in [0.3, 0.4) is 0 Å². The van der Waals surface area contributed by atoms with Crippen LogP contribution in [0.1, 0.15) is 18.9 Å². The molecule has 0 aliphatic carbocycles. The monoisotopic (exact) mass is 228 g/mol. The number of nitrogens with zero attached hydrogens (tertiary/aromatic N) is 2. The quantitative estimate of drug-likeness (QED) is 0.585. The van der Waals surface area contributed by atoms with E-state index in [0.29, 0.717) is 12.2 Å². The maximum Gasteiger partial charge on any atom is 0.416 e. The highest BCUT2D eigenvalue weighted by Gasteiger charge is 2.30. The summed E-state index contributed by atoms with van der Waals surface area (Å²) in [5.41, 5.74) is -0.219. The van der Waals surface area contributed by atoms with Gasteiger partial charge in [-0.2, -0.15) is 18.4 Å². The molecule has 1 rings (SSSR count). The Hall–Kier alpha value is -1.70. The van der Waals surface area contributed by atoms with Crippen molar-refractivity contribution in [2.75, 3.05) is 11.4 Å². The predicted octanol–water partition coefficient (Wildman–Crippen LogP) is 3.40. The molecule has 86 valence electrons. The summed E-state index contributed by atoms with van der Waals surface area (Å²) in [7, 11) is 0. The van der Waals surface area contributed by atoms with Crippen molar-refractivity contribution < 1.29 is 13.2 Å². The van der Waals surface area contributed by atoms with Crippen molar-refractivity contribution in [2.24, 2.45) is 0 Å². The minimum Gasteiger partial charge on any atom is -0.280 e. The second-order valence-corrected chi connectivity index (χ2v) is 3.30. The van der Waals surface area contributed by atoms with Crippen LogP contribution in [-0.2, 0) is 6.18 Å². The third-order valence-electron chi connectivity index (χ3n) is 2.07. The summed E-state index contributed by atoms with van der Waals surface area (Å²) in [5.74, 6) is 0. The van der Waals surface area contributed by atoms with Gasteiger partial charge in [-0.25, -0.2) is 0 Å². The Morgan fingerprint density at radius 3 is 2.19 bits per heavy atom. The number of benzene rings is 1. The van der Waals surface area contributed by atoms with Crippen LogP contribution >= 0.6 is 0 Å². The number of hydrogen-bond donors (Lipinski definition) is 0. The first-order chi connectivity index (χ1) is 7.49. The molecule has 0 aliphatic rings. The molecule has 0 radical (unpaired) electrons. The minimum atomic E-state index is -4.33. The van der Waals surface area contributed by atoms with Crippen molar-refractivity contribution in [2.45, 2.75) is 19.5 Å². The van der Waals surface area contributed by atoms with Gasteiger partial charge in [0.2, 0.25) is 0 Å². The number of nitriles is 1. The fourth-order valence-corrected chi connectivity index (χ4v) is 1.29. The standard InChI is InChI=1S/C11H11F3N2/c1-2-7-16(8-15)10-5-3-9(4-6-10)11(12,13)14/h3-6H,2,7H2,1H3. The molecule has 0 amide bonds. The van der Waals surface area contributed by atoms with Gasteiger partial charge in [-0.3, -0.25) is 4.90 Å². The lowest BCUT2D eigenvalue weighted by atomic mass is 10.2. The van der Waals surface area contributed by atoms with E-state index in [1.807, 2.05) is 13.1 Å². The molecule has 0 saturated carbocycles. The number of halogens is 3. The second-order valence-electron chi connectivity index (χ2n) is 3.30. The lowest BCUT2D eigenvalue weighted by molar-refractivity contribution is -0.137. The van der Waals surface area contributed by atoms with Crippen molar-refractivity contribution >= 4 is 5.69 Å². The molecular formula is C11H11F3N2. The Kier molecular flexibility index (Phi) is 3.78. The van der Waals surface area contributed by atoms with Crippen molar-refractivity contribution in [1.82, 2.24) is 0 Å². The fraction of sp³-hybridized carbons (Fsp3) is 0.364. The SMILES string of the molecule is CCCN(C#N)c1ccc(C(F)(F)F)cc1. The molecule has 0 atom stereocenters. The van der Waals surface area contributed by atoms with Gasteiger partial charge in [0.25, 0.3) is 0 Å². The van der Waals surface area contributed by atoms with E-state index in [1.54, 1.807) is 0 Å². The van der Waals surface area contributed by atoms with Crippen LogP contribution in [-0.4, -0.2) is 6.54 Å². The predicted molar refractivity (Wildman–Crippen MR) is 54.7 cm³/mol. The Labute approximate surface area is 91.9 Å². The maximum atomic E-state index is 12.3. The molecule has 2 nitrogen and oxygen atoms in total. The van der Waals surface area contributed by atoms with Crippen LogP contribution in [0, 0.1) is 11.5 Å². The largest absolute Gasteiger partial charge is 0.416 e. The summed E-state index contributed by atoms with van der Waals surface area (Å²) in [5, 5.41) is 8.79. The molecule has 0 bridgehead atoms. The first-order valence-corrected chi connectivity index (χ1v) is 4.83. The maximum absolute atomic E-state index is 12.3. The van der Waals surface area contributed by atoms with Crippen LogP contribution in [0.25, 0.3) is 0 Å². The average molecular weight is 228 g/mol. The Morgan fingerprint density at radius 1 is 1.25 bits per heavy atom. The average Bonchev–Trinajstić information content (AvgIpc) is 2.25. The van der Waals surface area contributed by atoms with E-state index in [9.17, 15) is 13.2 Å². The van der Waals surface area contributed by atoms with Gasteiger partial charge in [0.1, 0.15) is 0 Å². The lowest BCUT2D eigenvalue weighted by Crippen LogP contribution is -2.17. The molecule has 0 heterocycles. The molecule has 16 heavy (non-hydrogen) atoms.